The van der Waals surface area contributed by atoms with Crippen LogP contribution in [0.15, 0.2) is 30.3 Å². The van der Waals surface area contributed by atoms with Crippen LogP contribution in [0.25, 0.3) is 0 Å². The van der Waals surface area contributed by atoms with Crippen LogP contribution in [0.3, 0.4) is 0 Å². The van der Waals surface area contributed by atoms with Gasteiger partial charge in [-0.3, -0.25) is 0 Å². The lowest BCUT2D eigenvalue weighted by Crippen LogP contribution is -2.31. The van der Waals surface area contributed by atoms with E-state index in [1.165, 1.54) is 5.56 Å². The number of hydrogen-bond acceptors (Lipinski definition) is 3. The summed E-state index contributed by atoms with van der Waals surface area (Å²) in [5.41, 5.74) is 7.04. The van der Waals surface area contributed by atoms with E-state index in [9.17, 15) is 8.42 Å². The lowest BCUT2D eigenvalue weighted by molar-refractivity contribution is 0.457. The molecule has 0 amide bonds. The Kier molecular flexibility index (Phi) is 7.13. The van der Waals surface area contributed by atoms with Crippen molar-refractivity contribution in [1.29, 1.82) is 0 Å². The van der Waals surface area contributed by atoms with E-state index in [4.69, 9.17) is 5.73 Å². The minimum absolute atomic E-state index is 0. The van der Waals surface area contributed by atoms with Crippen LogP contribution in [0, 0.1) is 5.92 Å². The van der Waals surface area contributed by atoms with E-state index < -0.39 is 10.0 Å². The summed E-state index contributed by atoms with van der Waals surface area (Å²) in [5.74, 6) is 0.689. The van der Waals surface area contributed by atoms with Crippen LogP contribution < -0.4 is 5.73 Å². The number of rotatable bonds is 6. The van der Waals surface area contributed by atoms with Crippen LogP contribution in [0.1, 0.15) is 31.2 Å². The first-order valence-corrected chi connectivity index (χ1v) is 8.92. The Morgan fingerprint density at radius 3 is 2.48 bits per heavy atom. The number of hydrogen-bond donors (Lipinski definition) is 1. The van der Waals surface area contributed by atoms with E-state index in [0.29, 0.717) is 19.6 Å². The summed E-state index contributed by atoms with van der Waals surface area (Å²) in [5, 5.41) is 0. The molecule has 1 aliphatic heterocycles. The number of sulfonamides is 1. The second-order valence-corrected chi connectivity index (χ2v) is 7.59. The molecule has 6 heteroatoms. The molecule has 0 radical (unpaired) electrons. The molecule has 1 fully saturated rings. The Morgan fingerprint density at radius 1 is 1.24 bits per heavy atom. The van der Waals surface area contributed by atoms with E-state index >= 15 is 0 Å². The van der Waals surface area contributed by atoms with Gasteiger partial charge in [0.25, 0.3) is 0 Å². The zero-order chi connectivity index (χ0) is 14.6. The second kappa shape index (κ2) is 8.13. The molecule has 0 unspecified atom stereocenters. The topological polar surface area (TPSA) is 63.4 Å². The van der Waals surface area contributed by atoms with Gasteiger partial charge in [-0.25, -0.2) is 12.7 Å². The molecule has 4 nitrogen and oxygen atoms in total. The first-order chi connectivity index (χ1) is 9.58. The minimum atomic E-state index is -3.13. The van der Waals surface area contributed by atoms with Gasteiger partial charge in [0.15, 0.2) is 0 Å². The monoisotopic (exact) mass is 332 g/mol. The van der Waals surface area contributed by atoms with E-state index in [2.05, 4.69) is 12.1 Å². The quantitative estimate of drug-likeness (QED) is 0.868. The van der Waals surface area contributed by atoms with Crippen LogP contribution in [-0.2, 0) is 10.0 Å². The standard InChI is InChI=1S/C15H24N2O2S.ClH/c1-2-3-9-20(18,19)17-11-14(10-16)15(12-17)13-7-5-4-6-8-13;/h4-8,14-15H,2-3,9-12,16H2,1H3;1H/t14-,15+;/m1./s1. The summed E-state index contributed by atoms with van der Waals surface area (Å²) >= 11 is 0. The summed E-state index contributed by atoms with van der Waals surface area (Å²) in [6, 6.07) is 10.1. The Bertz CT molecular complexity index is 522. The molecular weight excluding hydrogens is 308 g/mol. The molecule has 2 N–H and O–H groups in total. The van der Waals surface area contributed by atoms with Crippen molar-refractivity contribution >= 4 is 22.4 Å². The largest absolute Gasteiger partial charge is 0.330 e. The van der Waals surface area contributed by atoms with Crippen molar-refractivity contribution in [2.24, 2.45) is 11.7 Å². The van der Waals surface area contributed by atoms with Gasteiger partial charge in [-0.1, -0.05) is 43.7 Å². The van der Waals surface area contributed by atoms with Gasteiger partial charge in [-0.2, -0.15) is 0 Å². The average molecular weight is 333 g/mol. The van der Waals surface area contributed by atoms with Crippen LogP contribution in [0.2, 0.25) is 0 Å². The molecule has 2 rings (SSSR count). The molecule has 1 saturated heterocycles. The maximum Gasteiger partial charge on any atom is 0.214 e. The summed E-state index contributed by atoms with van der Waals surface area (Å²) < 4.78 is 26.3. The van der Waals surface area contributed by atoms with Crippen molar-refractivity contribution in [3.05, 3.63) is 35.9 Å². The highest BCUT2D eigenvalue weighted by Crippen LogP contribution is 2.33. The Hall–Kier alpha value is -0.620. The van der Waals surface area contributed by atoms with Crippen molar-refractivity contribution in [1.82, 2.24) is 4.31 Å². The number of benzene rings is 1. The number of halogens is 1. The number of nitrogens with two attached hydrogens (primary N) is 1. The fraction of sp³-hybridized carbons (Fsp3) is 0.600. The van der Waals surface area contributed by atoms with Gasteiger partial charge in [0.2, 0.25) is 10.0 Å². The molecule has 0 aliphatic carbocycles. The van der Waals surface area contributed by atoms with Gasteiger partial charge in [-0.15, -0.1) is 12.4 Å². The smallest absolute Gasteiger partial charge is 0.214 e. The van der Waals surface area contributed by atoms with Gasteiger partial charge in [0, 0.05) is 19.0 Å². The highest BCUT2D eigenvalue weighted by Gasteiger charge is 2.38. The molecule has 1 heterocycles. The molecule has 120 valence electrons. The lowest BCUT2D eigenvalue weighted by Gasteiger charge is -2.16. The van der Waals surface area contributed by atoms with Crippen molar-refractivity contribution in [3.63, 3.8) is 0 Å². The highest BCUT2D eigenvalue weighted by molar-refractivity contribution is 7.89. The Morgan fingerprint density at radius 2 is 1.90 bits per heavy atom. The molecule has 1 aromatic carbocycles. The summed E-state index contributed by atoms with van der Waals surface area (Å²) in [6.45, 7) is 3.66. The van der Waals surface area contributed by atoms with E-state index in [1.807, 2.05) is 25.1 Å². The SMILES string of the molecule is CCCCS(=O)(=O)N1C[C@@H](CN)[C@H](c2ccccc2)C1.Cl. The third-order valence-electron chi connectivity index (χ3n) is 4.09. The van der Waals surface area contributed by atoms with E-state index in [1.54, 1.807) is 4.31 Å². The van der Waals surface area contributed by atoms with Crippen LogP contribution >= 0.6 is 12.4 Å². The van der Waals surface area contributed by atoms with Crippen molar-refractivity contribution in [3.8, 4) is 0 Å². The zero-order valence-corrected chi connectivity index (χ0v) is 14.1. The Labute approximate surface area is 134 Å². The Balaban J connectivity index is 0.00000220. The zero-order valence-electron chi connectivity index (χ0n) is 12.4. The van der Waals surface area contributed by atoms with Crippen LogP contribution in [0.5, 0.6) is 0 Å². The van der Waals surface area contributed by atoms with Gasteiger partial charge in [0.1, 0.15) is 0 Å². The predicted molar refractivity (Wildman–Crippen MR) is 89.2 cm³/mol. The van der Waals surface area contributed by atoms with E-state index in [-0.39, 0.29) is 30.0 Å². The predicted octanol–water partition coefficient (Wildman–Crippen LogP) is 2.21. The molecule has 0 spiro atoms. The first-order valence-electron chi connectivity index (χ1n) is 7.31. The summed E-state index contributed by atoms with van der Waals surface area (Å²) in [6.07, 6.45) is 1.62. The molecule has 1 aromatic rings. The van der Waals surface area contributed by atoms with Gasteiger partial charge in [0.05, 0.1) is 5.75 Å². The fourth-order valence-electron chi connectivity index (χ4n) is 2.83. The molecule has 0 bridgehead atoms. The third kappa shape index (κ3) is 4.42. The first kappa shape index (κ1) is 18.4. The third-order valence-corrected chi connectivity index (χ3v) is 5.98. The maximum atomic E-state index is 12.3. The lowest BCUT2D eigenvalue weighted by atomic mass is 9.89. The average Bonchev–Trinajstić information content (AvgIpc) is 2.91. The maximum absolute atomic E-state index is 12.3. The highest BCUT2D eigenvalue weighted by atomic mass is 35.5. The summed E-state index contributed by atoms with van der Waals surface area (Å²) in [4.78, 5) is 0. The minimum Gasteiger partial charge on any atom is -0.330 e. The number of nitrogens with zero attached hydrogens (tertiary/aromatic N) is 1. The van der Waals surface area contributed by atoms with E-state index in [0.717, 1.165) is 12.8 Å². The van der Waals surface area contributed by atoms with Crippen LogP contribution in [0.4, 0.5) is 0 Å². The van der Waals surface area contributed by atoms with Gasteiger partial charge >= 0.3 is 0 Å². The summed E-state index contributed by atoms with van der Waals surface area (Å²) in [7, 11) is -3.13. The molecule has 1 aliphatic rings. The van der Waals surface area contributed by atoms with Gasteiger partial charge < -0.3 is 5.73 Å². The second-order valence-electron chi connectivity index (χ2n) is 5.50. The molecule has 2 atom stereocenters. The van der Waals surface area contributed by atoms with Crippen molar-refractivity contribution in [2.75, 3.05) is 25.4 Å². The number of unbranched alkanes of at least 4 members (excludes halogenated alkanes) is 1. The molecular formula is C15H25ClN2O2S. The molecule has 0 aromatic heterocycles. The normalized spacial score (nSPS) is 23.0. The van der Waals surface area contributed by atoms with Crippen LogP contribution in [-0.4, -0.2) is 38.1 Å². The molecule has 21 heavy (non-hydrogen) atoms. The van der Waals surface area contributed by atoms with Crippen molar-refractivity contribution < 1.29 is 8.42 Å². The van der Waals surface area contributed by atoms with Gasteiger partial charge in [-0.05, 0) is 24.4 Å². The molecule has 0 saturated carbocycles. The van der Waals surface area contributed by atoms with Crippen molar-refractivity contribution in [2.45, 2.75) is 25.7 Å². The fourth-order valence-corrected chi connectivity index (χ4v) is 4.55.